The van der Waals surface area contributed by atoms with Crippen LogP contribution >= 0.6 is 0 Å². The highest BCUT2D eigenvalue weighted by Gasteiger charge is 2.22. The number of furan rings is 1. The molecule has 0 amide bonds. The van der Waals surface area contributed by atoms with Gasteiger partial charge in [0.05, 0.1) is 16.7 Å². The lowest BCUT2D eigenvalue weighted by Gasteiger charge is -2.27. The average Bonchev–Trinajstić information content (AvgIpc) is 3.80. The molecule has 11 aromatic rings. The maximum Gasteiger partial charge on any atom is 0.135 e. The molecule has 9 aromatic carbocycles. The van der Waals surface area contributed by atoms with Gasteiger partial charge in [0.25, 0.3) is 0 Å². The fourth-order valence-corrected chi connectivity index (χ4v) is 8.42. The van der Waals surface area contributed by atoms with Crippen LogP contribution in [0.5, 0.6) is 0 Å². The third kappa shape index (κ3) is 5.13. The number of para-hydroxylation sites is 3. The van der Waals surface area contributed by atoms with Crippen LogP contribution in [0.4, 0.5) is 17.1 Å². The summed E-state index contributed by atoms with van der Waals surface area (Å²) in [5, 5.41) is 7.12. The van der Waals surface area contributed by atoms with Gasteiger partial charge in [-0.1, -0.05) is 146 Å². The molecule has 3 nitrogen and oxygen atoms in total. The lowest BCUT2D eigenvalue weighted by Crippen LogP contribution is -2.10. The Labute approximate surface area is 318 Å². The molecule has 0 saturated carbocycles. The number of fused-ring (bicyclic) bond motifs is 8. The topological polar surface area (TPSA) is 21.3 Å². The van der Waals surface area contributed by atoms with Gasteiger partial charge in [-0.25, -0.2) is 0 Å². The molecule has 11 rings (SSSR count). The van der Waals surface area contributed by atoms with E-state index in [0.717, 1.165) is 50.2 Å². The summed E-state index contributed by atoms with van der Waals surface area (Å²) in [4.78, 5) is 2.40. The van der Waals surface area contributed by atoms with Crippen molar-refractivity contribution in [2.45, 2.75) is 0 Å². The van der Waals surface area contributed by atoms with Gasteiger partial charge in [-0.3, -0.25) is 0 Å². The summed E-state index contributed by atoms with van der Waals surface area (Å²) in [5.74, 6) is 0. The van der Waals surface area contributed by atoms with E-state index < -0.39 is 0 Å². The summed E-state index contributed by atoms with van der Waals surface area (Å²) in [5.41, 5.74) is 13.3. The number of hydrogen-bond acceptors (Lipinski definition) is 2. The van der Waals surface area contributed by atoms with E-state index in [2.05, 4.69) is 204 Å². The molecule has 0 bridgehead atoms. The number of rotatable bonds is 6. The van der Waals surface area contributed by atoms with Crippen LogP contribution in [0.25, 0.3) is 82.5 Å². The lowest BCUT2D eigenvalue weighted by molar-refractivity contribution is 0.669. The quantitative estimate of drug-likeness (QED) is 0.172. The lowest BCUT2D eigenvalue weighted by atomic mass is 9.99. The zero-order valence-electron chi connectivity index (χ0n) is 29.9. The third-order valence-electron chi connectivity index (χ3n) is 11.0. The van der Waals surface area contributed by atoms with Crippen LogP contribution in [0.15, 0.2) is 211 Å². The van der Waals surface area contributed by atoms with E-state index in [4.69, 9.17) is 4.42 Å². The van der Waals surface area contributed by atoms with Crippen LogP contribution in [0.2, 0.25) is 0 Å². The Kier molecular flexibility index (Phi) is 7.17. The van der Waals surface area contributed by atoms with Gasteiger partial charge in [0.15, 0.2) is 0 Å². The first kappa shape index (κ1) is 31.2. The van der Waals surface area contributed by atoms with Crippen molar-refractivity contribution in [2.24, 2.45) is 0 Å². The fourth-order valence-electron chi connectivity index (χ4n) is 8.42. The summed E-state index contributed by atoms with van der Waals surface area (Å²) < 4.78 is 8.67. The van der Waals surface area contributed by atoms with Crippen LogP contribution < -0.4 is 4.90 Å². The van der Waals surface area contributed by atoms with Gasteiger partial charge in [0.1, 0.15) is 11.2 Å². The van der Waals surface area contributed by atoms with Gasteiger partial charge in [-0.05, 0) is 88.3 Å². The fraction of sp³-hybridized carbons (Fsp3) is 0. The second kappa shape index (κ2) is 12.6. The number of nitrogens with zero attached hydrogens (tertiary/aromatic N) is 2. The standard InChI is InChI=1S/C52H34N2O/c1-3-13-35(14-4-1)36-23-25-37(26-24-36)38-27-29-40(30-28-38)53(39-15-5-2-6-16-39)48-34-49-52(44-19-8-7-17-42(44)48)45-20-9-11-21-47(45)54(49)41-31-32-51-46(33-41)43-18-10-12-22-50(43)55-51/h1-34H. The highest BCUT2D eigenvalue weighted by Crippen LogP contribution is 2.46. The van der Waals surface area contributed by atoms with Crippen LogP contribution in [0.1, 0.15) is 0 Å². The molecule has 0 atom stereocenters. The summed E-state index contributed by atoms with van der Waals surface area (Å²) in [6, 6.07) is 74.0. The van der Waals surface area contributed by atoms with E-state index in [1.54, 1.807) is 0 Å². The molecule has 0 spiro atoms. The summed E-state index contributed by atoms with van der Waals surface area (Å²) in [6.45, 7) is 0. The number of aromatic nitrogens is 1. The highest BCUT2D eigenvalue weighted by atomic mass is 16.3. The average molecular weight is 703 g/mol. The first-order chi connectivity index (χ1) is 27.3. The molecule has 0 radical (unpaired) electrons. The zero-order chi connectivity index (χ0) is 36.3. The van der Waals surface area contributed by atoms with E-state index in [1.807, 2.05) is 12.1 Å². The minimum absolute atomic E-state index is 0.891. The van der Waals surface area contributed by atoms with Crippen molar-refractivity contribution in [1.82, 2.24) is 4.57 Å². The van der Waals surface area contributed by atoms with E-state index in [1.165, 1.54) is 49.3 Å². The molecule has 2 aromatic heterocycles. The molecule has 0 aliphatic carbocycles. The van der Waals surface area contributed by atoms with Crippen LogP contribution in [-0.4, -0.2) is 4.57 Å². The van der Waals surface area contributed by atoms with Crippen LogP contribution in [-0.2, 0) is 0 Å². The minimum atomic E-state index is 0.891. The van der Waals surface area contributed by atoms with E-state index in [-0.39, 0.29) is 0 Å². The monoisotopic (exact) mass is 702 g/mol. The summed E-state index contributed by atoms with van der Waals surface area (Å²) in [7, 11) is 0. The van der Waals surface area contributed by atoms with Crippen molar-refractivity contribution in [1.29, 1.82) is 0 Å². The maximum absolute atomic E-state index is 6.25. The Morgan fingerprint density at radius 1 is 0.345 bits per heavy atom. The Hall–Kier alpha value is -7.36. The molecule has 258 valence electrons. The number of benzene rings is 9. The van der Waals surface area contributed by atoms with Gasteiger partial charge >= 0.3 is 0 Å². The number of anilines is 3. The molecule has 0 fully saturated rings. The van der Waals surface area contributed by atoms with Crippen molar-refractivity contribution in [2.75, 3.05) is 4.90 Å². The zero-order valence-corrected chi connectivity index (χ0v) is 29.9. The normalized spacial score (nSPS) is 11.6. The van der Waals surface area contributed by atoms with Gasteiger partial charge in [0, 0.05) is 44.0 Å². The SMILES string of the molecule is c1ccc(-c2ccc(-c3ccc(N(c4ccccc4)c4cc5c(c6ccccc46)c4ccccc4n5-c4ccc5oc6ccccc6c5c4)cc3)cc2)cc1. The van der Waals surface area contributed by atoms with Gasteiger partial charge in [0.2, 0.25) is 0 Å². The smallest absolute Gasteiger partial charge is 0.135 e. The molecule has 3 heteroatoms. The van der Waals surface area contributed by atoms with Gasteiger partial charge < -0.3 is 13.9 Å². The first-order valence-electron chi connectivity index (χ1n) is 18.8. The van der Waals surface area contributed by atoms with Gasteiger partial charge in [-0.15, -0.1) is 0 Å². The Morgan fingerprint density at radius 2 is 0.873 bits per heavy atom. The largest absolute Gasteiger partial charge is 0.456 e. The molecule has 0 aliphatic rings. The van der Waals surface area contributed by atoms with Crippen molar-refractivity contribution < 1.29 is 4.42 Å². The molecule has 2 heterocycles. The van der Waals surface area contributed by atoms with Crippen molar-refractivity contribution in [3.63, 3.8) is 0 Å². The van der Waals surface area contributed by atoms with E-state index >= 15 is 0 Å². The third-order valence-corrected chi connectivity index (χ3v) is 11.0. The molecule has 0 unspecified atom stereocenters. The van der Waals surface area contributed by atoms with Crippen molar-refractivity contribution >= 4 is 71.6 Å². The highest BCUT2D eigenvalue weighted by molar-refractivity contribution is 6.24. The van der Waals surface area contributed by atoms with Crippen molar-refractivity contribution in [3.05, 3.63) is 206 Å². The second-order valence-electron chi connectivity index (χ2n) is 14.1. The Balaban J connectivity index is 1.11. The second-order valence-corrected chi connectivity index (χ2v) is 14.1. The maximum atomic E-state index is 6.25. The number of hydrogen-bond donors (Lipinski definition) is 0. The molecule has 0 saturated heterocycles. The van der Waals surface area contributed by atoms with Crippen molar-refractivity contribution in [3.8, 4) is 27.9 Å². The molecular weight excluding hydrogens is 669 g/mol. The predicted octanol–water partition coefficient (Wildman–Crippen LogP) is 14.6. The van der Waals surface area contributed by atoms with E-state index in [9.17, 15) is 0 Å². The molecule has 55 heavy (non-hydrogen) atoms. The van der Waals surface area contributed by atoms with Gasteiger partial charge in [-0.2, -0.15) is 0 Å². The van der Waals surface area contributed by atoms with E-state index in [0.29, 0.717) is 0 Å². The van der Waals surface area contributed by atoms with Crippen LogP contribution in [0, 0.1) is 0 Å². The Morgan fingerprint density at radius 3 is 1.60 bits per heavy atom. The first-order valence-corrected chi connectivity index (χ1v) is 18.8. The minimum Gasteiger partial charge on any atom is -0.456 e. The molecule has 0 N–H and O–H groups in total. The predicted molar refractivity (Wildman–Crippen MR) is 231 cm³/mol. The molecular formula is C52H34N2O. The molecule has 0 aliphatic heterocycles. The Bertz CT molecular complexity index is 3180. The summed E-state index contributed by atoms with van der Waals surface area (Å²) in [6.07, 6.45) is 0. The summed E-state index contributed by atoms with van der Waals surface area (Å²) >= 11 is 0. The van der Waals surface area contributed by atoms with Crippen LogP contribution in [0.3, 0.4) is 0 Å².